The Morgan fingerprint density at radius 1 is 1.31 bits per heavy atom. The average Bonchev–Trinajstić information content (AvgIpc) is 2.09. The lowest BCUT2D eigenvalue weighted by Crippen LogP contribution is -2.49. The Labute approximate surface area is 80.6 Å². The van der Waals surface area contributed by atoms with Crippen molar-refractivity contribution in [3.05, 3.63) is 0 Å². The molecule has 0 bridgehead atoms. The Morgan fingerprint density at radius 3 is 2.46 bits per heavy atom. The highest BCUT2D eigenvalue weighted by Crippen LogP contribution is 1.99. The highest BCUT2D eigenvalue weighted by molar-refractivity contribution is 4.73. The Balaban J connectivity index is 2.14. The average molecular weight is 187 g/mol. The Hall–Kier alpha value is -0.160. The lowest BCUT2D eigenvalue weighted by molar-refractivity contribution is 0.119. The van der Waals surface area contributed by atoms with Gasteiger partial charge in [0.15, 0.2) is 0 Å². The standard InChI is InChI=1S/C9H21N3O/c1-11-3-5-12(6-4-11)7-9(10)8-13-2/h9H,3-8,10H2,1-2H3. The summed E-state index contributed by atoms with van der Waals surface area (Å²) in [6.45, 7) is 6.19. The van der Waals surface area contributed by atoms with E-state index in [4.69, 9.17) is 10.5 Å². The molecule has 2 N–H and O–H groups in total. The molecule has 13 heavy (non-hydrogen) atoms. The summed E-state index contributed by atoms with van der Waals surface area (Å²) >= 11 is 0. The molecular formula is C9H21N3O. The van der Waals surface area contributed by atoms with Crippen LogP contribution in [-0.2, 0) is 4.74 Å². The summed E-state index contributed by atoms with van der Waals surface area (Å²) in [5, 5.41) is 0. The van der Waals surface area contributed by atoms with Gasteiger partial charge in [0, 0.05) is 45.9 Å². The molecule has 0 spiro atoms. The van der Waals surface area contributed by atoms with Crippen LogP contribution in [0.25, 0.3) is 0 Å². The van der Waals surface area contributed by atoms with Crippen LogP contribution < -0.4 is 5.73 Å². The largest absolute Gasteiger partial charge is 0.383 e. The van der Waals surface area contributed by atoms with Crippen molar-refractivity contribution in [3.63, 3.8) is 0 Å². The Morgan fingerprint density at radius 2 is 1.92 bits per heavy atom. The van der Waals surface area contributed by atoms with Gasteiger partial charge in [0.1, 0.15) is 0 Å². The second kappa shape index (κ2) is 5.54. The molecule has 78 valence electrons. The van der Waals surface area contributed by atoms with Gasteiger partial charge in [-0.05, 0) is 7.05 Å². The molecule has 1 atom stereocenters. The van der Waals surface area contributed by atoms with Gasteiger partial charge in [-0.15, -0.1) is 0 Å². The first-order chi connectivity index (χ1) is 6.22. The van der Waals surface area contributed by atoms with Crippen LogP contribution in [0.15, 0.2) is 0 Å². The van der Waals surface area contributed by atoms with E-state index in [2.05, 4.69) is 16.8 Å². The van der Waals surface area contributed by atoms with Crippen molar-refractivity contribution < 1.29 is 4.74 Å². The van der Waals surface area contributed by atoms with Gasteiger partial charge in [-0.3, -0.25) is 4.90 Å². The van der Waals surface area contributed by atoms with Crippen molar-refractivity contribution in [3.8, 4) is 0 Å². The monoisotopic (exact) mass is 187 g/mol. The summed E-state index contributed by atoms with van der Waals surface area (Å²) in [5.74, 6) is 0. The van der Waals surface area contributed by atoms with Crippen molar-refractivity contribution in [2.24, 2.45) is 5.73 Å². The third-order valence-corrected chi connectivity index (χ3v) is 2.47. The smallest absolute Gasteiger partial charge is 0.0626 e. The van der Waals surface area contributed by atoms with Crippen LogP contribution in [0, 0.1) is 0 Å². The molecule has 4 heteroatoms. The molecule has 0 radical (unpaired) electrons. The second-order valence-corrected chi connectivity index (χ2v) is 3.82. The molecule has 0 aromatic heterocycles. The van der Waals surface area contributed by atoms with Gasteiger partial charge in [-0.2, -0.15) is 0 Å². The van der Waals surface area contributed by atoms with E-state index in [-0.39, 0.29) is 6.04 Å². The lowest BCUT2D eigenvalue weighted by Gasteiger charge is -2.33. The number of methoxy groups -OCH3 is 1. The van der Waals surface area contributed by atoms with E-state index in [1.165, 1.54) is 0 Å². The van der Waals surface area contributed by atoms with Crippen LogP contribution in [0.2, 0.25) is 0 Å². The summed E-state index contributed by atoms with van der Waals surface area (Å²) in [7, 11) is 3.86. The molecule has 0 amide bonds. The SMILES string of the molecule is COCC(N)CN1CCN(C)CC1. The first kappa shape index (κ1) is 10.9. The number of ether oxygens (including phenoxy) is 1. The van der Waals surface area contributed by atoms with Gasteiger partial charge in [0.2, 0.25) is 0 Å². The van der Waals surface area contributed by atoms with Crippen LogP contribution in [0.4, 0.5) is 0 Å². The fourth-order valence-electron chi connectivity index (χ4n) is 1.63. The van der Waals surface area contributed by atoms with E-state index >= 15 is 0 Å². The topological polar surface area (TPSA) is 41.7 Å². The van der Waals surface area contributed by atoms with E-state index in [9.17, 15) is 0 Å². The first-order valence-corrected chi connectivity index (χ1v) is 4.88. The van der Waals surface area contributed by atoms with Crippen LogP contribution in [0.3, 0.4) is 0 Å². The molecule has 1 heterocycles. The Kier molecular flexibility index (Phi) is 4.66. The maximum absolute atomic E-state index is 5.87. The molecular weight excluding hydrogens is 166 g/mol. The molecule has 0 aromatic carbocycles. The van der Waals surface area contributed by atoms with Gasteiger partial charge in [0.25, 0.3) is 0 Å². The van der Waals surface area contributed by atoms with E-state index in [1.54, 1.807) is 7.11 Å². The van der Waals surface area contributed by atoms with Crippen molar-refractivity contribution >= 4 is 0 Å². The quantitative estimate of drug-likeness (QED) is 0.626. The highest BCUT2D eigenvalue weighted by atomic mass is 16.5. The van der Waals surface area contributed by atoms with Crippen LogP contribution in [0.5, 0.6) is 0 Å². The van der Waals surface area contributed by atoms with Gasteiger partial charge in [-0.25, -0.2) is 0 Å². The number of piperazine rings is 1. The fraction of sp³-hybridized carbons (Fsp3) is 1.00. The lowest BCUT2D eigenvalue weighted by atomic mass is 10.2. The number of likely N-dealkylation sites (N-methyl/N-ethyl adjacent to an activating group) is 1. The summed E-state index contributed by atoms with van der Waals surface area (Å²) < 4.78 is 5.00. The molecule has 1 aliphatic heterocycles. The molecule has 4 nitrogen and oxygen atoms in total. The molecule has 0 saturated carbocycles. The van der Waals surface area contributed by atoms with Crippen molar-refractivity contribution in [1.82, 2.24) is 9.80 Å². The summed E-state index contributed by atoms with van der Waals surface area (Å²) in [4.78, 5) is 4.75. The van der Waals surface area contributed by atoms with Gasteiger partial charge >= 0.3 is 0 Å². The number of rotatable bonds is 4. The summed E-state index contributed by atoms with van der Waals surface area (Å²) in [6, 6.07) is 0.161. The zero-order chi connectivity index (χ0) is 9.68. The molecule has 0 aromatic rings. The van der Waals surface area contributed by atoms with E-state index in [1.807, 2.05) is 0 Å². The van der Waals surface area contributed by atoms with Crippen molar-refractivity contribution in [2.45, 2.75) is 6.04 Å². The molecule has 1 saturated heterocycles. The van der Waals surface area contributed by atoms with Crippen molar-refractivity contribution in [2.75, 3.05) is 53.5 Å². The van der Waals surface area contributed by atoms with E-state index in [0.717, 1.165) is 32.7 Å². The second-order valence-electron chi connectivity index (χ2n) is 3.82. The van der Waals surface area contributed by atoms with Crippen LogP contribution in [0.1, 0.15) is 0 Å². The zero-order valence-corrected chi connectivity index (χ0v) is 8.70. The molecule has 1 unspecified atom stereocenters. The number of hydrogen-bond acceptors (Lipinski definition) is 4. The minimum atomic E-state index is 0.161. The normalized spacial score (nSPS) is 23.3. The predicted octanol–water partition coefficient (Wildman–Crippen LogP) is -0.792. The predicted molar refractivity (Wildman–Crippen MR) is 53.8 cm³/mol. The highest BCUT2D eigenvalue weighted by Gasteiger charge is 2.15. The zero-order valence-electron chi connectivity index (χ0n) is 8.70. The number of nitrogens with zero attached hydrogens (tertiary/aromatic N) is 2. The number of nitrogens with two attached hydrogens (primary N) is 1. The minimum absolute atomic E-state index is 0.161. The molecule has 1 fully saturated rings. The maximum atomic E-state index is 5.87. The first-order valence-electron chi connectivity index (χ1n) is 4.88. The minimum Gasteiger partial charge on any atom is -0.383 e. The maximum Gasteiger partial charge on any atom is 0.0626 e. The van der Waals surface area contributed by atoms with Gasteiger partial charge < -0.3 is 15.4 Å². The van der Waals surface area contributed by atoms with E-state index in [0.29, 0.717) is 6.61 Å². The summed E-state index contributed by atoms with van der Waals surface area (Å²) in [5.41, 5.74) is 5.87. The molecule has 0 aliphatic carbocycles. The third kappa shape index (κ3) is 4.04. The molecule has 1 rings (SSSR count). The van der Waals surface area contributed by atoms with Gasteiger partial charge in [-0.1, -0.05) is 0 Å². The van der Waals surface area contributed by atoms with Crippen LogP contribution in [-0.4, -0.2) is 69.3 Å². The molecule has 1 aliphatic rings. The van der Waals surface area contributed by atoms with Gasteiger partial charge in [0.05, 0.1) is 6.61 Å². The Bertz CT molecular complexity index is 135. The third-order valence-electron chi connectivity index (χ3n) is 2.47. The summed E-state index contributed by atoms with van der Waals surface area (Å²) in [6.07, 6.45) is 0. The fourth-order valence-corrected chi connectivity index (χ4v) is 1.63. The number of hydrogen-bond donors (Lipinski definition) is 1. The van der Waals surface area contributed by atoms with E-state index < -0.39 is 0 Å². The van der Waals surface area contributed by atoms with Crippen LogP contribution >= 0.6 is 0 Å². The van der Waals surface area contributed by atoms with Crippen molar-refractivity contribution in [1.29, 1.82) is 0 Å².